The third-order valence-electron chi connectivity index (χ3n) is 7.15. The fourth-order valence-corrected chi connectivity index (χ4v) is 8.51. The summed E-state index contributed by atoms with van der Waals surface area (Å²) >= 11 is 6.51. The average Bonchev–Trinajstić information content (AvgIpc) is 2.91. The fraction of sp³-hybridized carbons (Fsp3) is 0.824. The van der Waals surface area contributed by atoms with Gasteiger partial charge in [-0.1, -0.05) is 130 Å². The molecule has 1 rings (SSSR count). The Morgan fingerprint density at radius 1 is 0.405 bits per heavy atom. The van der Waals surface area contributed by atoms with E-state index in [2.05, 4.69) is 75.1 Å². The Balaban J connectivity index is 2.80. The van der Waals surface area contributed by atoms with Crippen molar-refractivity contribution in [1.82, 2.24) is 0 Å². The van der Waals surface area contributed by atoms with E-state index in [4.69, 9.17) is 0 Å². The molecule has 0 radical (unpaired) electrons. The summed E-state index contributed by atoms with van der Waals surface area (Å²) in [6.45, 7) is 9.27. The number of unbranched alkanes of at least 4 members (excludes halogenated alkanes) is 16. The maximum absolute atomic E-state index is 2.58. The van der Waals surface area contributed by atoms with Gasteiger partial charge in [-0.25, -0.2) is 0 Å². The van der Waals surface area contributed by atoms with Crippen LogP contribution >= 0.6 is 35.3 Å². The first kappa shape index (κ1) is 35.3. The quantitative estimate of drug-likeness (QED) is 0.0767. The zero-order valence-corrected chi connectivity index (χ0v) is 27.8. The van der Waals surface area contributed by atoms with Gasteiger partial charge in [-0.15, -0.1) is 35.3 Å². The molecule has 0 N–H and O–H groups in total. The number of aryl methyl sites for hydroxylation is 1. The minimum atomic E-state index is 1.24. The van der Waals surface area contributed by atoms with Crippen LogP contribution in [0.15, 0.2) is 26.8 Å². The molecule has 0 saturated heterocycles. The predicted molar refractivity (Wildman–Crippen MR) is 177 cm³/mol. The molecule has 0 unspecified atom stereocenters. The van der Waals surface area contributed by atoms with E-state index < -0.39 is 0 Å². The normalized spacial score (nSPS) is 11.5. The van der Waals surface area contributed by atoms with E-state index in [-0.39, 0.29) is 0 Å². The molecule has 0 spiro atoms. The van der Waals surface area contributed by atoms with E-state index in [9.17, 15) is 0 Å². The van der Waals surface area contributed by atoms with Crippen LogP contribution in [0.5, 0.6) is 0 Å². The summed E-state index contributed by atoms with van der Waals surface area (Å²) in [5, 5.41) is 0. The van der Waals surface area contributed by atoms with Gasteiger partial charge in [0.05, 0.1) is 0 Å². The van der Waals surface area contributed by atoms with Crippen LogP contribution in [0.25, 0.3) is 0 Å². The largest absolute Gasteiger partial charge is 0.125 e. The van der Waals surface area contributed by atoms with Crippen LogP contribution in [0.1, 0.15) is 162 Å². The lowest BCUT2D eigenvalue weighted by Crippen LogP contribution is -1.95. The molecule has 37 heavy (non-hydrogen) atoms. The van der Waals surface area contributed by atoms with Gasteiger partial charge in [-0.05, 0) is 67.1 Å². The van der Waals surface area contributed by atoms with Crippen LogP contribution in [-0.4, -0.2) is 17.3 Å². The fourth-order valence-electron chi connectivity index (χ4n) is 4.70. The van der Waals surface area contributed by atoms with Gasteiger partial charge in [0, 0.05) is 14.7 Å². The Kier molecular flexibility index (Phi) is 25.3. The van der Waals surface area contributed by atoms with Gasteiger partial charge in [0.15, 0.2) is 0 Å². The van der Waals surface area contributed by atoms with Crippen LogP contribution in [0.4, 0.5) is 0 Å². The predicted octanol–water partition coefficient (Wildman–Crippen LogP) is 13.4. The molecule has 0 aliphatic carbocycles. The Morgan fingerprint density at radius 2 is 0.757 bits per heavy atom. The molecule has 0 saturated carbocycles. The SMILES string of the molecule is CCCCCCCCSc1cc(CCCC)cc(SCCCCCCCC)c1SCCCCCCCC. The Bertz CT molecular complexity index is 588. The molecule has 0 aliphatic rings. The maximum atomic E-state index is 2.58. The number of hydrogen-bond acceptors (Lipinski definition) is 3. The van der Waals surface area contributed by atoms with E-state index in [1.807, 2.05) is 0 Å². The number of rotatable bonds is 27. The van der Waals surface area contributed by atoms with Crippen LogP contribution in [0.2, 0.25) is 0 Å². The van der Waals surface area contributed by atoms with Crippen molar-refractivity contribution in [2.24, 2.45) is 0 Å². The second-order valence-electron chi connectivity index (χ2n) is 10.9. The third-order valence-corrected chi connectivity index (χ3v) is 10.9. The van der Waals surface area contributed by atoms with Crippen molar-refractivity contribution in [3.8, 4) is 0 Å². The molecule has 0 amide bonds. The zero-order valence-electron chi connectivity index (χ0n) is 25.4. The molecule has 0 aromatic heterocycles. The van der Waals surface area contributed by atoms with E-state index in [0.717, 1.165) is 0 Å². The summed E-state index contributed by atoms with van der Waals surface area (Å²) < 4.78 is 0. The molecule has 1 aromatic rings. The smallest absolute Gasteiger partial charge is 0.0344 e. The van der Waals surface area contributed by atoms with Gasteiger partial charge < -0.3 is 0 Å². The van der Waals surface area contributed by atoms with Crippen molar-refractivity contribution in [3.05, 3.63) is 17.7 Å². The lowest BCUT2D eigenvalue weighted by molar-refractivity contribution is 0.626. The van der Waals surface area contributed by atoms with Gasteiger partial charge in [0.25, 0.3) is 0 Å². The van der Waals surface area contributed by atoms with Gasteiger partial charge in [-0.2, -0.15) is 0 Å². The monoisotopic (exact) mass is 566 g/mol. The Morgan fingerprint density at radius 3 is 1.16 bits per heavy atom. The highest BCUT2D eigenvalue weighted by atomic mass is 32.2. The molecule has 0 heterocycles. The molecular weight excluding hydrogens is 505 g/mol. The molecular formula is C34H62S3. The van der Waals surface area contributed by atoms with E-state index in [0.29, 0.717) is 0 Å². The van der Waals surface area contributed by atoms with Crippen molar-refractivity contribution < 1.29 is 0 Å². The van der Waals surface area contributed by atoms with Gasteiger partial charge in [0.1, 0.15) is 0 Å². The number of thioether (sulfide) groups is 3. The highest BCUT2D eigenvalue weighted by molar-refractivity contribution is 8.03. The van der Waals surface area contributed by atoms with Crippen LogP contribution in [0, 0.1) is 0 Å². The van der Waals surface area contributed by atoms with Crippen molar-refractivity contribution in [2.75, 3.05) is 17.3 Å². The first-order valence-electron chi connectivity index (χ1n) is 16.3. The van der Waals surface area contributed by atoms with Crippen molar-refractivity contribution in [2.45, 2.75) is 177 Å². The minimum Gasteiger partial charge on any atom is -0.125 e. The Hall–Kier alpha value is 0.270. The molecule has 0 aliphatic heterocycles. The van der Waals surface area contributed by atoms with Gasteiger partial charge in [-0.3, -0.25) is 0 Å². The maximum Gasteiger partial charge on any atom is 0.0344 e. The molecule has 1 aromatic carbocycles. The topological polar surface area (TPSA) is 0 Å². The summed E-state index contributed by atoms with van der Waals surface area (Å²) in [6, 6.07) is 5.16. The third kappa shape index (κ3) is 19.1. The van der Waals surface area contributed by atoms with Gasteiger partial charge in [0.2, 0.25) is 0 Å². The van der Waals surface area contributed by atoms with Crippen molar-refractivity contribution in [1.29, 1.82) is 0 Å². The Labute approximate surface area is 246 Å². The number of benzene rings is 1. The van der Waals surface area contributed by atoms with Gasteiger partial charge >= 0.3 is 0 Å². The molecule has 216 valence electrons. The number of hydrogen-bond donors (Lipinski definition) is 0. The van der Waals surface area contributed by atoms with Crippen LogP contribution in [0.3, 0.4) is 0 Å². The highest BCUT2D eigenvalue weighted by Gasteiger charge is 2.13. The zero-order chi connectivity index (χ0) is 26.8. The first-order chi connectivity index (χ1) is 18.3. The molecule has 0 bridgehead atoms. The molecule has 0 nitrogen and oxygen atoms in total. The lowest BCUT2D eigenvalue weighted by Gasteiger charge is -2.17. The second-order valence-corrected chi connectivity index (χ2v) is 14.3. The summed E-state index contributed by atoms with van der Waals surface area (Å²) in [7, 11) is 0. The molecule has 3 heteroatoms. The minimum absolute atomic E-state index is 1.24. The van der Waals surface area contributed by atoms with Crippen LogP contribution in [-0.2, 0) is 6.42 Å². The summed E-state index contributed by atoms with van der Waals surface area (Å²) in [5.41, 5.74) is 1.58. The van der Waals surface area contributed by atoms with E-state index in [1.54, 1.807) is 20.2 Å². The molecule has 0 fully saturated rings. The van der Waals surface area contributed by atoms with E-state index >= 15 is 0 Å². The highest BCUT2D eigenvalue weighted by Crippen LogP contribution is 2.41. The standard InChI is InChI=1S/C34H62S3/c1-5-9-13-16-19-22-26-35-32-29-31(25-12-8-4)30-33(36-27-23-20-17-14-10-6-2)34(32)37-28-24-21-18-15-11-7-3/h29-30H,5-28H2,1-4H3. The van der Waals surface area contributed by atoms with E-state index in [1.165, 1.54) is 152 Å². The average molecular weight is 567 g/mol. The first-order valence-corrected chi connectivity index (χ1v) is 19.3. The molecule has 0 atom stereocenters. The lowest BCUT2D eigenvalue weighted by atomic mass is 10.1. The summed E-state index contributed by atoms with van der Waals surface area (Å²) in [6.07, 6.45) is 29.0. The van der Waals surface area contributed by atoms with Crippen molar-refractivity contribution >= 4 is 35.3 Å². The van der Waals surface area contributed by atoms with Crippen LogP contribution < -0.4 is 0 Å². The summed E-state index contributed by atoms with van der Waals surface area (Å²) in [5.74, 6) is 3.86. The second kappa shape index (κ2) is 26.5. The van der Waals surface area contributed by atoms with Crippen molar-refractivity contribution in [3.63, 3.8) is 0 Å². The summed E-state index contributed by atoms with van der Waals surface area (Å²) in [4.78, 5) is 4.83.